The molecule has 0 saturated carbocycles. The number of halogens is 3. The van der Waals surface area contributed by atoms with Gasteiger partial charge in [-0.3, -0.25) is 4.55 Å². The molecule has 0 fully saturated rings. The van der Waals surface area contributed by atoms with Crippen LogP contribution in [0.4, 0.5) is 13.2 Å². The molecule has 11 heteroatoms. The molecule has 4 N–H and O–H groups in total. The van der Waals surface area contributed by atoms with Gasteiger partial charge in [-0.05, 0) is 35.9 Å². The van der Waals surface area contributed by atoms with Gasteiger partial charge in [-0.1, -0.05) is 36.4 Å². The number of hydrogen-bond donors (Lipinski definition) is 4. The molecule has 35 heavy (non-hydrogen) atoms. The number of para-hydroxylation sites is 1. The van der Waals surface area contributed by atoms with Crippen molar-refractivity contribution < 1.29 is 36.4 Å². The van der Waals surface area contributed by atoms with Gasteiger partial charge in [-0.2, -0.15) is 21.6 Å². The summed E-state index contributed by atoms with van der Waals surface area (Å²) in [6.45, 7) is 0. The number of fused-ring (bicyclic) bond motifs is 3. The molecule has 1 heterocycles. The third kappa shape index (κ3) is 3.84. The third-order valence-electron chi connectivity index (χ3n) is 5.62. The largest absolute Gasteiger partial charge is 0.507 e. The number of nitrogens with one attached hydrogen (secondary N) is 1. The number of phenols is 2. The van der Waals surface area contributed by atoms with Gasteiger partial charge in [0.1, 0.15) is 27.7 Å². The van der Waals surface area contributed by atoms with Gasteiger partial charge in [0.2, 0.25) is 0 Å². The van der Waals surface area contributed by atoms with E-state index in [1.54, 1.807) is 0 Å². The Labute approximate surface area is 195 Å². The Bertz CT molecular complexity index is 1740. The highest BCUT2D eigenvalue weighted by atomic mass is 32.2. The lowest BCUT2D eigenvalue weighted by Crippen LogP contribution is -2.04. The Morgan fingerprint density at radius 3 is 2.29 bits per heavy atom. The van der Waals surface area contributed by atoms with Crippen LogP contribution in [0.2, 0.25) is 0 Å². The monoisotopic (exact) mass is 500 g/mol. The van der Waals surface area contributed by atoms with Gasteiger partial charge in [0.05, 0.1) is 22.0 Å². The molecule has 1 aromatic heterocycles. The molecule has 0 unspecified atom stereocenters. The number of hydrogen-bond acceptors (Lipinski definition) is 5. The first-order chi connectivity index (χ1) is 16.4. The van der Waals surface area contributed by atoms with Crippen molar-refractivity contribution in [3.8, 4) is 34.0 Å². The van der Waals surface area contributed by atoms with Crippen molar-refractivity contribution in [3.63, 3.8) is 0 Å². The van der Waals surface area contributed by atoms with Gasteiger partial charge in [0, 0.05) is 10.9 Å². The Morgan fingerprint density at radius 1 is 0.886 bits per heavy atom. The highest BCUT2D eigenvalue weighted by molar-refractivity contribution is 7.86. The first-order valence-corrected chi connectivity index (χ1v) is 11.5. The molecule has 5 aromatic rings. The van der Waals surface area contributed by atoms with E-state index in [0.717, 1.165) is 18.2 Å². The zero-order valence-electron chi connectivity index (χ0n) is 17.5. The molecular weight excluding hydrogens is 485 g/mol. The minimum Gasteiger partial charge on any atom is -0.507 e. The van der Waals surface area contributed by atoms with Crippen LogP contribution in [0, 0.1) is 0 Å². The van der Waals surface area contributed by atoms with E-state index in [9.17, 15) is 36.4 Å². The lowest BCUT2D eigenvalue weighted by Gasteiger charge is -2.11. The van der Waals surface area contributed by atoms with E-state index < -0.39 is 26.8 Å². The second-order valence-corrected chi connectivity index (χ2v) is 9.20. The van der Waals surface area contributed by atoms with Gasteiger partial charge in [-0.15, -0.1) is 0 Å². The molecule has 0 amide bonds. The summed E-state index contributed by atoms with van der Waals surface area (Å²) >= 11 is 0. The second kappa shape index (κ2) is 7.72. The molecule has 5 rings (SSSR count). The quantitative estimate of drug-likeness (QED) is 0.235. The maximum Gasteiger partial charge on any atom is 0.416 e. The highest BCUT2D eigenvalue weighted by Gasteiger charge is 2.30. The molecule has 4 aromatic carbocycles. The second-order valence-electron chi connectivity index (χ2n) is 7.81. The normalized spacial score (nSPS) is 12.5. The predicted octanol–water partition coefficient (Wildman–Crippen LogP) is 5.73. The van der Waals surface area contributed by atoms with E-state index in [2.05, 4.69) is 9.97 Å². The lowest BCUT2D eigenvalue weighted by atomic mass is 9.99. The summed E-state index contributed by atoms with van der Waals surface area (Å²) in [7, 11) is -4.66. The van der Waals surface area contributed by atoms with Crippen molar-refractivity contribution in [2.75, 3.05) is 0 Å². The molecule has 0 aliphatic heterocycles. The van der Waals surface area contributed by atoms with Gasteiger partial charge in [-0.25, -0.2) is 4.98 Å². The van der Waals surface area contributed by atoms with Gasteiger partial charge in [0.15, 0.2) is 0 Å². The first kappa shape index (κ1) is 22.7. The summed E-state index contributed by atoms with van der Waals surface area (Å²) in [4.78, 5) is 6.83. The minimum atomic E-state index is -4.66. The van der Waals surface area contributed by atoms with Crippen molar-refractivity contribution in [1.29, 1.82) is 0 Å². The van der Waals surface area contributed by atoms with Gasteiger partial charge in [0.25, 0.3) is 10.1 Å². The standard InChI is InChI=1S/C24H15F3N2O5S/c25-24(26,27)13-5-1-4-12(10-13)14-6-2-8-16(22(14)31)23-28-17-11-19(35(32,33)34)15-7-3-9-18(30)20(15)21(17)29-23/h1-11,30-31H,(H,28,29)(H,32,33,34). The van der Waals surface area contributed by atoms with Crippen molar-refractivity contribution in [3.05, 3.63) is 72.3 Å². The molecule has 0 aliphatic carbocycles. The van der Waals surface area contributed by atoms with Crippen molar-refractivity contribution in [2.24, 2.45) is 0 Å². The van der Waals surface area contributed by atoms with E-state index in [4.69, 9.17) is 0 Å². The Hall–Kier alpha value is -4.09. The SMILES string of the molecule is O=S(=O)(O)c1cc2[nH]c(-c3cccc(-c4cccc(C(F)(F)F)c4)c3O)nc2c2c(O)cccc12. The number of imidazole rings is 1. The summed E-state index contributed by atoms with van der Waals surface area (Å²) in [5, 5.41) is 21.5. The van der Waals surface area contributed by atoms with Crippen LogP contribution in [0.3, 0.4) is 0 Å². The maximum atomic E-state index is 13.2. The van der Waals surface area contributed by atoms with E-state index in [0.29, 0.717) is 0 Å². The van der Waals surface area contributed by atoms with E-state index in [-0.39, 0.29) is 55.8 Å². The summed E-state index contributed by atoms with van der Waals surface area (Å²) < 4.78 is 73.1. The number of H-pyrrole nitrogens is 1. The summed E-state index contributed by atoms with van der Waals surface area (Å²) in [6.07, 6.45) is -4.56. The van der Waals surface area contributed by atoms with Crippen LogP contribution in [0.15, 0.2) is 71.6 Å². The number of phenolic OH excluding ortho intramolecular Hbond substituents is 2. The first-order valence-electron chi connectivity index (χ1n) is 10.1. The van der Waals surface area contributed by atoms with Crippen molar-refractivity contribution in [2.45, 2.75) is 11.1 Å². The number of benzene rings is 4. The number of alkyl halides is 3. The van der Waals surface area contributed by atoms with Crippen molar-refractivity contribution >= 4 is 31.9 Å². The number of aromatic amines is 1. The zero-order chi connectivity index (χ0) is 25.1. The number of nitrogens with zero attached hydrogens (tertiary/aromatic N) is 1. The fourth-order valence-electron chi connectivity index (χ4n) is 4.06. The minimum absolute atomic E-state index is 0.0417. The Morgan fingerprint density at radius 2 is 1.57 bits per heavy atom. The third-order valence-corrected chi connectivity index (χ3v) is 6.52. The average molecular weight is 500 g/mol. The topological polar surface area (TPSA) is 124 Å². The van der Waals surface area contributed by atoms with Gasteiger partial charge < -0.3 is 15.2 Å². The van der Waals surface area contributed by atoms with Crippen LogP contribution in [-0.4, -0.2) is 33.2 Å². The van der Waals surface area contributed by atoms with E-state index in [1.807, 2.05) is 0 Å². The van der Waals surface area contributed by atoms with Crippen LogP contribution >= 0.6 is 0 Å². The number of aromatic hydroxyl groups is 2. The van der Waals surface area contributed by atoms with Crippen molar-refractivity contribution in [1.82, 2.24) is 9.97 Å². The Kier molecular flexibility index (Phi) is 5.00. The summed E-state index contributed by atoms with van der Waals surface area (Å²) in [5.74, 6) is -0.559. The van der Waals surface area contributed by atoms with Gasteiger partial charge >= 0.3 is 6.18 Å². The highest BCUT2D eigenvalue weighted by Crippen LogP contribution is 2.41. The van der Waals surface area contributed by atoms with E-state index >= 15 is 0 Å². The fraction of sp³-hybridized carbons (Fsp3) is 0.0417. The van der Waals surface area contributed by atoms with Crippen LogP contribution < -0.4 is 0 Å². The molecule has 0 radical (unpaired) electrons. The lowest BCUT2D eigenvalue weighted by molar-refractivity contribution is -0.137. The fourth-order valence-corrected chi connectivity index (χ4v) is 4.77. The molecule has 7 nitrogen and oxygen atoms in total. The van der Waals surface area contributed by atoms with Crippen LogP contribution in [0.5, 0.6) is 11.5 Å². The maximum absolute atomic E-state index is 13.2. The molecule has 0 saturated heterocycles. The van der Waals surface area contributed by atoms with E-state index in [1.165, 1.54) is 48.5 Å². The smallest absolute Gasteiger partial charge is 0.416 e. The molecule has 0 bridgehead atoms. The van der Waals surface area contributed by atoms with Crippen LogP contribution in [-0.2, 0) is 16.3 Å². The average Bonchev–Trinajstić information content (AvgIpc) is 3.21. The van der Waals surface area contributed by atoms with Crippen LogP contribution in [0.25, 0.3) is 44.3 Å². The zero-order valence-corrected chi connectivity index (χ0v) is 18.3. The summed E-state index contributed by atoms with van der Waals surface area (Å²) in [5.41, 5.74) is -0.168. The van der Waals surface area contributed by atoms with Crippen LogP contribution in [0.1, 0.15) is 5.56 Å². The molecular formula is C24H15F3N2O5S. The predicted molar refractivity (Wildman–Crippen MR) is 123 cm³/mol. The molecule has 178 valence electrons. The number of rotatable bonds is 3. The summed E-state index contributed by atoms with van der Waals surface area (Å²) in [6, 6.07) is 14.3. The molecule has 0 atom stereocenters. The molecule has 0 spiro atoms. The molecule has 0 aliphatic rings. The number of aromatic nitrogens is 2. The Balaban J connectivity index is 1.74.